The number of ether oxygens (including phenoxy) is 2. The molecule has 0 aliphatic heterocycles. The fourth-order valence-electron chi connectivity index (χ4n) is 2.71. The third-order valence-electron chi connectivity index (χ3n) is 4.28. The second-order valence-corrected chi connectivity index (χ2v) is 7.77. The molecule has 1 heterocycles. The van der Waals surface area contributed by atoms with Crippen molar-refractivity contribution in [2.75, 3.05) is 14.2 Å². The molecule has 3 rings (SSSR count). The van der Waals surface area contributed by atoms with Crippen molar-refractivity contribution in [3.63, 3.8) is 0 Å². The predicted octanol–water partition coefficient (Wildman–Crippen LogP) is 2.40. The van der Waals surface area contributed by atoms with Crippen molar-refractivity contribution in [3.8, 4) is 11.5 Å². The number of sulfonamides is 1. The lowest BCUT2D eigenvalue weighted by molar-refractivity contribution is 0.371. The highest BCUT2D eigenvalue weighted by Gasteiger charge is 2.39. The highest BCUT2D eigenvalue weighted by molar-refractivity contribution is 7.89. The Bertz CT molecular complexity index is 825. The summed E-state index contributed by atoms with van der Waals surface area (Å²) in [6, 6.07) is 8.70. The van der Waals surface area contributed by atoms with Crippen molar-refractivity contribution in [2.45, 2.75) is 30.3 Å². The SMILES string of the molecule is COc1ccc(S(=O)(=O)N(Cc2cccn2C)C2CC2)c(OC)c1. The van der Waals surface area contributed by atoms with Gasteiger partial charge in [0.15, 0.2) is 0 Å². The van der Waals surface area contributed by atoms with Crippen LogP contribution in [0.4, 0.5) is 0 Å². The Labute approximate surface area is 142 Å². The molecular weight excluding hydrogens is 328 g/mol. The van der Waals surface area contributed by atoms with E-state index >= 15 is 0 Å². The van der Waals surface area contributed by atoms with Gasteiger partial charge in [0.1, 0.15) is 16.4 Å². The molecule has 0 bridgehead atoms. The average molecular weight is 350 g/mol. The molecule has 130 valence electrons. The highest BCUT2D eigenvalue weighted by atomic mass is 32.2. The summed E-state index contributed by atoms with van der Waals surface area (Å²) >= 11 is 0. The summed E-state index contributed by atoms with van der Waals surface area (Å²) in [6.45, 7) is 0.353. The topological polar surface area (TPSA) is 60.8 Å². The Kier molecular flexibility index (Phi) is 4.56. The first-order valence-corrected chi connectivity index (χ1v) is 9.25. The molecule has 0 amide bonds. The van der Waals surface area contributed by atoms with Crippen LogP contribution in [0.25, 0.3) is 0 Å². The summed E-state index contributed by atoms with van der Waals surface area (Å²) in [6.07, 6.45) is 3.70. The average Bonchev–Trinajstić information content (AvgIpc) is 3.34. The van der Waals surface area contributed by atoms with E-state index < -0.39 is 10.0 Å². The minimum Gasteiger partial charge on any atom is -0.497 e. The first-order valence-electron chi connectivity index (χ1n) is 7.81. The van der Waals surface area contributed by atoms with Gasteiger partial charge in [0.2, 0.25) is 10.0 Å². The van der Waals surface area contributed by atoms with Gasteiger partial charge in [0.05, 0.1) is 20.8 Å². The standard InChI is InChI=1S/C17H22N2O4S/c1-18-10-4-5-14(18)12-19(13-6-7-13)24(20,21)17-9-8-15(22-2)11-16(17)23-3/h4-5,8-11,13H,6-7,12H2,1-3H3. The van der Waals surface area contributed by atoms with Crippen LogP contribution in [-0.2, 0) is 23.6 Å². The molecule has 1 aromatic carbocycles. The van der Waals surface area contributed by atoms with Crippen LogP contribution in [0, 0.1) is 0 Å². The Hall–Kier alpha value is -1.99. The third-order valence-corrected chi connectivity index (χ3v) is 6.22. The molecule has 24 heavy (non-hydrogen) atoms. The maximum absolute atomic E-state index is 13.2. The molecular formula is C17H22N2O4S. The number of benzene rings is 1. The van der Waals surface area contributed by atoms with Crippen molar-refractivity contribution in [3.05, 3.63) is 42.2 Å². The molecule has 1 aromatic heterocycles. The largest absolute Gasteiger partial charge is 0.497 e. The maximum Gasteiger partial charge on any atom is 0.247 e. The molecule has 0 saturated heterocycles. The van der Waals surface area contributed by atoms with E-state index in [0.29, 0.717) is 18.0 Å². The summed E-state index contributed by atoms with van der Waals surface area (Å²) in [4.78, 5) is 0.173. The fourth-order valence-corrected chi connectivity index (χ4v) is 4.50. The molecule has 6 nitrogen and oxygen atoms in total. The fraction of sp³-hybridized carbons (Fsp3) is 0.412. The van der Waals surface area contributed by atoms with Gasteiger partial charge < -0.3 is 14.0 Å². The van der Waals surface area contributed by atoms with Crippen LogP contribution in [0.3, 0.4) is 0 Å². The predicted molar refractivity (Wildman–Crippen MR) is 90.7 cm³/mol. The van der Waals surface area contributed by atoms with E-state index in [1.165, 1.54) is 14.2 Å². The Morgan fingerprint density at radius 3 is 2.50 bits per heavy atom. The molecule has 0 radical (unpaired) electrons. The quantitative estimate of drug-likeness (QED) is 0.769. The number of aryl methyl sites for hydroxylation is 1. The number of methoxy groups -OCH3 is 2. The van der Waals surface area contributed by atoms with Gasteiger partial charge in [0.25, 0.3) is 0 Å². The molecule has 1 aliphatic rings. The number of nitrogens with zero attached hydrogens (tertiary/aromatic N) is 2. The monoisotopic (exact) mass is 350 g/mol. The van der Waals surface area contributed by atoms with Crippen molar-refractivity contribution >= 4 is 10.0 Å². The van der Waals surface area contributed by atoms with Gasteiger partial charge in [-0.2, -0.15) is 4.31 Å². The minimum atomic E-state index is -3.66. The van der Waals surface area contributed by atoms with Crippen LogP contribution in [0.1, 0.15) is 18.5 Å². The molecule has 0 N–H and O–H groups in total. The van der Waals surface area contributed by atoms with Crippen molar-refractivity contribution in [1.29, 1.82) is 0 Å². The molecule has 0 atom stereocenters. The van der Waals surface area contributed by atoms with Gasteiger partial charge in [-0.1, -0.05) is 0 Å². The van der Waals surface area contributed by atoms with E-state index in [4.69, 9.17) is 9.47 Å². The van der Waals surface area contributed by atoms with Crippen LogP contribution < -0.4 is 9.47 Å². The van der Waals surface area contributed by atoms with E-state index in [9.17, 15) is 8.42 Å². The Morgan fingerprint density at radius 2 is 1.96 bits per heavy atom. The van der Waals surface area contributed by atoms with Crippen LogP contribution in [0.5, 0.6) is 11.5 Å². The molecule has 0 unspecified atom stereocenters. The molecule has 1 fully saturated rings. The van der Waals surface area contributed by atoms with E-state index in [0.717, 1.165) is 18.5 Å². The van der Waals surface area contributed by atoms with Gasteiger partial charge in [0, 0.05) is 31.0 Å². The van der Waals surface area contributed by atoms with Crippen molar-refractivity contribution in [2.24, 2.45) is 7.05 Å². The van der Waals surface area contributed by atoms with Crippen molar-refractivity contribution < 1.29 is 17.9 Å². The minimum absolute atomic E-state index is 0.0525. The molecule has 1 saturated carbocycles. The number of hydrogen-bond donors (Lipinski definition) is 0. The Balaban J connectivity index is 1.99. The lowest BCUT2D eigenvalue weighted by Gasteiger charge is -2.23. The van der Waals surface area contributed by atoms with Crippen LogP contribution in [-0.4, -0.2) is 37.6 Å². The summed E-state index contributed by atoms with van der Waals surface area (Å²) in [5, 5.41) is 0. The summed E-state index contributed by atoms with van der Waals surface area (Å²) in [7, 11) is 1.26. The lowest BCUT2D eigenvalue weighted by Crippen LogP contribution is -2.33. The zero-order valence-corrected chi connectivity index (χ0v) is 14.9. The number of hydrogen-bond acceptors (Lipinski definition) is 4. The third kappa shape index (κ3) is 3.14. The van der Waals surface area contributed by atoms with Gasteiger partial charge in [-0.25, -0.2) is 8.42 Å². The normalized spacial score (nSPS) is 14.8. The summed E-state index contributed by atoms with van der Waals surface area (Å²) in [5.41, 5.74) is 0.956. The van der Waals surface area contributed by atoms with Gasteiger partial charge in [-0.05, 0) is 37.1 Å². The Morgan fingerprint density at radius 1 is 1.21 bits per heavy atom. The zero-order valence-electron chi connectivity index (χ0n) is 14.1. The summed E-state index contributed by atoms with van der Waals surface area (Å²) in [5.74, 6) is 0.859. The molecule has 7 heteroatoms. The van der Waals surface area contributed by atoms with E-state index in [1.54, 1.807) is 22.5 Å². The first-order chi connectivity index (χ1) is 11.5. The molecule has 2 aromatic rings. The number of rotatable bonds is 7. The molecule has 0 spiro atoms. The van der Waals surface area contributed by atoms with Crippen LogP contribution >= 0.6 is 0 Å². The smallest absolute Gasteiger partial charge is 0.247 e. The van der Waals surface area contributed by atoms with Gasteiger partial charge in [-0.15, -0.1) is 0 Å². The van der Waals surface area contributed by atoms with Crippen LogP contribution in [0.2, 0.25) is 0 Å². The van der Waals surface area contributed by atoms with Crippen molar-refractivity contribution in [1.82, 2.24) is 8.87 Å². The van der Waals surface area contributed by atoms with E-state index in [1.807, 2.05) is 29.9 Å². The highest BCUT2D eigenvalue weighted by Crippen LogP contribution is 2.37. The van der Waals surface area contributed by atoms with Gasteiger partial charge in [-0.3, -0.25) is 0 Å². The lowest BCUT2D eigenvalue weighted by atomic mass is 10.3. The van der Waals surface area contributed by atoms with E-state index in [-0.39, 0.29) is 10.9 Å². The first kappa shape index (κ1) is 16.9. The second kappa shape index (κ2) is 6.49. The molecule has 1 aliphatic carbocycles. The van der Waals surface area contributed by atoms with Gasteiger partial charge >= 0.3 is 0 Å². The number of aromatic nitrogens is 1. The maximum atomic E-state index is 13.2. The van der Waals surface area contributed by atoms with Crippen LogP contribution in [0.15, 0.2) is 41.4 Å². The zero-order chi connectivity index (χ0) is 17.3. The van der Waals surface area contributed by atoms with E-state index in [2.05, 4.69) is 0 Å². The second-order valence-electron chi connectivity index (χ2n) is 5.91. The summed E-state index contributed by atoms with van der Waals surface area (Å²) < 4.78 is 40.4.